The molecule has 3 rings (SSSR count). The molecule has 1 heterocycles. The zero-order chi connectivity index (χ0) is 17.1. The molecule has 1 aliphatic rings. The van der Waals surface area contributed by atoms with Crippen LogP contribution in [0.1, 0.15) is 35.9 Å². The van der Waals surface area contributed by atoms with E-state index in [9.17, 15) is 4.79 Å². The molecule has 0 unspecified atom stereocenters. The Labute approximate surface area is 141 Å². The van der Waals surface area contributed by atoms with Crippen LogP contribution < -0.4 is 18.9 Å². The van der Waals surface area contributed by atoms with E-state index in [-0.39, 0.29) is 5.78 Å². The Morgan fingerprint density at radius 3 is 2.33 bits per heavy atom. The Bertz CT molecular complexity index is 736. The van der Waals surface area contributed by atoms with E-state index in [1.165, 1.54) is 0 Å². The van der Waals surface area contributed by atoms with Gasteiger partial charge in [0.15, 0.2) is 6.10 Å². The molecule has 1 aliphatic heterocycles. The molecule has 0 fully saturated rings. The van der Waals surface area contributed by atoms with E-state index in [1.807, 2.05) is 38.1 Å². The molecule has 0 saturated heterocycles. The molecule has 2 aromatic carbocycles. The van der Waals surface area contributed by atoms with Gasteiger partial charge in [-0.15, -0.1) is 0 Å². The summed E-state index contributed by atoms with van der Waals surface area (Å²) in [5.74, 6) is 2.24. The number of hydrogen-bond acceptors (Lipinski definition) is 5. The van der Waals surface area contributed by atoms with E-state index < -0.39 is 6.10 Å². The lowest BCUT2D eigenvalue weighted by Gasteiger charge is -2.11. The summed E-state index contributed by atoms with van der Waals surface area (Å²) in [6.07, 6.45) is -0.679. The minimum absolute atomic E-state index is 0.110. The number of carbonyl (C=O) groups excluding carboxylic acids is 1. The Kier molecular flexibility index (Phi) is 4.60. The third kappa shape index (κ3) is 2.89. The zero-order valence-electron chi connectivity index (χ0n) is 14.0. The van der Waals surface area contributed by atoms with Crippen molar-refractivity contribution in [3.8, 4) is 23.0 Å². The standard InChI is InChI=1S/C19H20O5/c1-4-22-14-10-15(23-5-2)17-16(11-14)24-19(18(17)20)12-6-8-13(21-3)9-7-12/h6-11,19H,4-5H2,1-3H3/t19-/m0/s1. The number of rotatable bonds is 6. The van der Waals surface area contributed by atoms with Crippen LogP contribution in [-0.2, 0) is 0 Å². The number of ketones is 1. The van der Waals surface area contributed by atoms with Crippen LogP contribution in [0.25, 0.3) is 0 Å². The number of Topliss-reactive ketones (excluding diaryl/α,β-unsaturated/α-hetero) is 1. The summed E-state index contributed by atoms with van der Waals surface area (Å²) in [4.78, 5) is 12.8. The number of hydrogen-bond donors (Lipinski definition) is 0. The highest BCUT2D eigenvalue weighted by molar-refractivity contribution is 6.07. The van der Waals surface area contributed by atoms with Gasteiger partial charge in [0, 0.05) is 17.7 Å². The summed E-state index contributed by atoms with van der Waals surface area (Å²) in [6.45, 7) is 4.77. The molecule has 0 aromatic heterocycles. The topological polar surface area (TPSA) is 54.0 Å². The van der Waals surface area contributed by atoms with E-state index in [4.69, 9.17) is 18.9 Å². The van der Waals surface area contributed by atoms with E-state index in [2.05, 4.69) is 0 Å². The van der Waals surface area contributed by atoms with Gasteiger partial charge in [-0.3, -0.25) is 4.79 Å². The highest BCUT2D eigenvalue weighted by atomic mass is 16.5. The van der Waals surface area contributed by atoms with Crippen molar-refractivity contribution in [2.75, 3.05) is 20.3 Å². The van der Waals surface area contributed by atoms with Crippen molar-refractivity contribution in [2.45, 2.75) is 20.0 Å². The van der Waals surface area contributed by atoms with E-state index in [0.29, 0.717) is 36.0 Å². The van der Waals surface area contributed by atoms with Gasteiger partial charge >= 0.3 is 0 Å². The normalized spacial score (nSPS) is 15.6. The first kappa shape index (κ1) is 16.2. The Balaban J connectivity index is 1.97. The molecule has 0 bridgehead atoms. The minimum atomic E-state index is -0.679. The molecule has 0 spiro atoms. The van der Waals surface area contributed by atoms with Crippen LogP contribution >= 0.6 is 0 Å². The smallest absolute Gasteiger partial charge is 0.215 e. The second-order valence-electron chi connectivity index (χ2n) is 5.30. The fourth-order valence-electron chi connectivity index (χ4n) is 2.73. The van der Waals surface area contributed by atoms with Crippen molar-refractivity contribution in [3.63, 3.8) is 0 Å². The molecule has 0 saturated carbocycles. The Morgan fingerprint density at radius 1 is 1.00 bits per heavy atom. The van der Waals surface area contributed by atoms with Crippen molar-refractivity contribution in [1.29, 1.82) is 0 Å². The minimum Gasteiger partial charge on any atom is -0.497 e. The van der Waals surface area contributed by atoms with Gasteiger partial charge in [0.2, 0.25) is 5.78 Å². The summed E-state index contributed by atoms with van der Waals surface area (Å²) in [6, 6.07) is 10.8. The SMILES string of the molecule is CCOc1cc(OCC)c2c(c1)O[C@@H](c1ccc(OC)cc1)C2=O. The molecule has 0 radical (unpaired) electrons. The second-order valence-corrected chi connectivity index (χ2v) is 5.30. The molecule has 5 heteroatoms. The van der Waals surface area contributed by atoms with Crippen LogP contribution in [0.2, 0.25) is 0 Å². The van der Waals surface area contributed by atoms with Gasteiger partial charge in [-0.25, -0.2) is 0 Å². The molecular weight excluding hydrogens is 308 g/mol. The maximum Gasteiger partial charge on any atom is 0.215 e. The molecule has 0 aliphatic carbocycles. The lowest BCUT2D eigenvalue weighted by molar-refractivity contribution is 0.0856. The molecule has 0 N–H and O–H groups in total. The number of methoxy groups -OCH3 is 1. The van der Waals surface area contributed by atoms with Crippen molar-refractivity contribution in [2.24, 2.45) is 0 Å². The fraction of sp³-hybridized carbons (Fsp3) is 0.316. The van der Waals surface area contributed by atoms with E-state index in [0.717, 1.165) is 11.3 Å². The lowest BCUT2D eigenvalue weighted by Crippen LogP contribution is -2.11. The van der Waals surface area contributed by atoms with Crippen molar-refractivity contribution in [3.05, 3.63) is 47.5 Å². The van der Waals surface area contributed by atoms with Gasteiger partial charge in [-0.05, 0) is 26.0 Å². The van der Waals surface area contributed by atoms with Gasteiger partial charge in [-0.1, -0.05) is 12.1 Å². The fourth-order valence-corrected chi connectivity index (χ4v) is 2.73. The van der Waals surface area contributed by atoms with Crippen LogP contribution in [0.3, 0.4) is 0 Å². The van der Waals surface area contributed by atoms with E-state index in [1.54, 1.807) is 19.2 Å². The summed E-state index contributed by atoms with van der Waals surface area (Å²) >= 11 is 0. The van der Waals surface area contributed by atoms with Gasteiger partial charge in [0.25, 0.3) is 0 Å². The molecule has 126 valence electrons. The first-order valence-corrected chi connectivity index (χ1v) is 7.96. The van der Waals surface area contributed by atoms with Crippen LogP contribution in [0, 0.1) is 0 Å². The summed E-state index contributed by atoms with van der Waals surface area (Å²) in [5, 5.41) is 0. The third-order valence-corrected chi connectivity index (χ3v) is 3.80. The van der Waals surface area contributed by atoms with Crippen LogP contribution in [0.15, 0.2) is 36.4 Å². The summed E-state index contributed by atoms with van der Waals surface area (Å²) in [5.41, 5.74) is 1.25. The highest BCUT2D eigenvalue weighted by Crippen LogP contribution is 2.44. The van der Waals surface area contributed by atoms with Gasteiger partial charge in [0.1, 0.15) is 28.6 Å². The first-order valence-electron chi connectivity index (χ1n) is 7.96. The molecule has 1 atom stereocenters. The Hall–Kier alpha value is -2.69. The summed E-state index contributed by atoms with van der Waals surface area (Å²) in [7, 11) is 1.60. The van der Waals surface area contributed by atoms with Crippen LogP contribution in [-0.4, -0.2) is 26.1 Å². The maximum atomic E-state index is 12.8. The number of carbonyl (C=O) groups is 1. The predicted octanol–water partition coefficient (Wildman–Crippen LogP) is 3.81. The predicted molar refractivity (Wildman–Crippen MR) is 89.5 cm³/mol. The molecule has 2 aromatic rings. The maximum absolute atomic E-state index is 12.8. The van der Waals surface area contributed by atoms with Gasteiger partial charge in [-0.2, -0.15) is 0 Å². The quantitative estimate of drug-likeness (QED) is 0.807. The monoisotopic (exact) mass is 328 g/mol. The first-order chi connectivity index (χ1) is 11.7. The summed E-state index contributed by atoms with van der Waals surface area (Å²) < 4.78 is 22.2. The average Bonchev–Trinajstić information content (AvgIpc) is 2.92. The van der Waals surface area contributed by atoms with Crippen molar-refractivity contribution < 1.29 is 23.7 Å². The number of ether oxygens (including phenoxy) is 4. The largest absolute Gasteiger partial charge is 0.497 e. The van der Waals surface area contributed by atoms with Gasteiger partial charge in [0.05, 0.1) is 20.3 Å². The Morgan fingerprint density at radius 2 is 1.71 bits per heavy atom. The molecule has 5 nitrogen and oxygen atoms in total. The van der Waals surface area contributed by atoms with E-state index >= 15 is 0 Å². The number of benzene rings is 2. The number of fused-ring (bicyclic) bond motifs is 1. The van der Waals surface area contributed by atoms with Crippen molar-refractivity contribution >= 4 is 5.78 Å². The lowest BCUT2D eigenvalue weighted by atomic mass is 10.0. The molecule has 24 heavy (non-hydrogen) atoms. The third-order valence-electron chi connectivity index (χ3n) is 3.80. The molecular formula is C19H20O5. The second kappa shape index (κ2) is 6.83. The van der Waals surface area contributed by atoms with Gasteiger partial charge < -0.3 is 18.9 Å². The van der Waals surface area contributed by atoms with Crippen molar-refractivity contribution in [1.82, 2.24) is 0 Å². The zero-order valence-corrected chi connectivity index (χ0v) is 14.0. The average molecular weight is 328 g/mol. The van der Waals surface area contributed by atoms with Crippen LogP contribution in [0.4, 0.5) is 0 Å². The molecule has 0 amide bonds. The highest BCUT2D eigenvalue weighted by Gasteiger charge is 2.37. The van der Waals surface area contributed by atoms with Crippen LogP contribution in [0.5, 0.6) is 23.0 Å².